The number of halogens is 2. The van der Waals surface area contributed by atoms with Crippen LogP contribution in [-0.4, -0.2) is 108 Å². The van der Waals surface area contributed by atoms with Crippen LogP contribution in [0.4, 0.5) is 0 Å². The van der Waals surface area contributed by atoms with Crippen LogP contribution in [0, 0.1) is 20.4 Å². The van der Waals surface area contributed by atoms with Gasteiger partial charge in [0.05, 0.1) is 23.5 Å². The SMILES string of the molecule is C.Cc1nccn1CC1=Cc2cccnc2C(N2CCNCC2)c2ccc(Cl)cc21.[C-]#[N+]/N=C(\SC)N1CCN(C2c3ccc(Cl)cc3C(Cn3ccnc3C)=Cc3cccnc32)CC1.[HH]. The number of nitrogens with zero attached hydrogens (tertiary/aromatic N) is 11. The van der Waals surface area contributed by atoms with Gasteiger partial charge in [0.25, 0.3) is 0 Å². The van der Waals surface area contributed by atoms with Crippen LogP contribution in [-0.2, 0) is 13.1 Å². The molecule has 65 heavy (non-hydrogen) atoms. The maximum atomic E-state index is 7.12. The van der Waals surface area contributed by atoms with Crippen molar-refractivity contribution in [2.24, 2.45) is 5.10 Å². The molecule has 2 atom stereocenters. The van der Waals surface area contributed by atoms with E-state index in [1.807, 2.05) is 81.5 Å². The summed E-state index contributed by atoms with van der Waals surface area (Å²) in [6, 6.07) is 21.0. The molecule has 2 fully saturated rings. The Morgan fingerprint density at radius 2 is 1.22 bits per heavy atom. The second-order valence-corrected chi connectivity index (χ2v) is 17.9. The second kappa shape index (κ2) is 20.7. The Morgan fingerprint density at radius 3 is 1.66 bits per heavy atom. The van der Waals surface area contributed by atoms with Gasteiger partial charge in [0.1, 0.15) is 16.8 Å². The molecule has 2 aromatic carbocycles. The number of nitrogens with one attached hydrogen (secondary N) is 1. The van der Waals surface area contributed by atoms with E-state index in [2.05, 4.69) is 97.7 Å². The fourth-order valence-corrected chi connectivity index (χ4v) is 10.3. The molecular weight excluding hydrogens is 872 g/mol. The van der Waals surface area contributed by atoms with E-state index in [1.54, 1.807) is 0 Å². The first kappa shape index (κ1) is 46.0. The van der Waals surface area contributed by atoms with Gasteiger partial charge in [-0.3, -0.25) is 19.8 Å². The number of pyridine rings is 2. The summed E-state index contributed by atoms with van der Waals surface area (Å²) in [5, 5.41) is 9.72. The molecule has 15 heteroatoms. The van der Waals surface area contributed by atoms with Gasteiger partial charge < -0.3 is 19.4 Å². The van der Waals surface area contributed by atoms with Crippen LogP contribution in [0.15, 0.2) is 103 Å². The molecule has 0 saturated carbocycles. The fraction of sp³-hybridized carbons (Fsp3) is 0.320. The minimum absolute atomic E-state index is 0. The summed E-state index contributed by atoms with van der Waals surface area (Å²) in [6.07, 6.45) is 18.0. The molecule has 6 heterocycles. The van der Waals surface area contributed by atoms with Crippen molar-refractivity contribution in [1.29, 1.82) is 0 Å². The van der Waals surface area contributed by atoms with Crippen molar-refractivity contribution >= 4 is 63.4 Å². The molecule has 2 aliphatic carbocycles. The van der Waals surface area contributed by atoms with Crippen LogP contribution in [0.25, 0.3) is 28.3 Å². The van der Waals surface area contributed by atoms with E-state index in [0.717, 1.165) is 108 Å². The van der Waals surface area contributed by atoms with Crippen molar-refractivity contribution in [3.8, 4) is 0 Å². The highest BCUT2D eigenvalue weighted by Gasteiger charge is 2.34. The molecule has 0 amide bonds. The summed E-state index contributed by atoms with van der Waals surface area (Å²) >= 11 is 14.5. The monoisotopic (exact) mass is 926 g/mol. The van der Waals surface area contributed by atoms with Gasteiger partial charge >= 0.3 is 0 Å². The van der Waals surface area contributed by atoms with Crippen molar-refractivity contribution in [2.75, 3.05) is 58.6 Å². The first-order chi connectivity index (χ1) is 31.3. The van der Waals surface area contributed by atoms with Gasteiger partial charge in [0.15, 0.2) is 0 Å². The predicted molar refractivity (Wildman–Crippen MR) is 269 cm³/mol. The molecule has 1 N–H and O–H groups in total. The van der Waals surface area contributed by atoms with E-state index < -0.39 is 0 Å². The highest BCUT2D eigenvalue weighted by Crippen LogP contribution is 2.42. The number of hydrogen-bond acceptors (Lipinski definition) is 9. The van der Waals surface area contributed by atoms with Crippen LogP contribution in [0.2, 0.25) is 10.0 Å². The Kier molecular flexibility index (Phi) is 14.6. The number of rotatable bonds is 6. The zero-order chi connectivity index (χ0) is 44.2. The zero-order valence-corrected chi connectivity index (χ0v) is 38.5. The normalized spacial score (nSPS) is 18.5. The third kappa shape index (κ3) is 9.84. The van der Waals surface area contributed by atoms with Crippen molar-refractivity contribution in [3.63, 3.8) is 0 Å². The number of fused-ring (bicyclic) bond motifs is 4. The van der Waals surface area contributed by atoms with E-state index in [0.29, 0.717) is 6.54 Å². The minimum atomic E-state index is 0. The lowest BCUT2D eigenvalue weighted by molar-refractivity contribution is 0.150. The van der Waals surface area contributed by atoms with E-state index >= 15 is 0 Å². The molecule has 336 valence electrons. The molecule has 4 aromatic heterocycles. The molecule has 2 saturated heterocycles. The lowest BCUT2D eigenvalue weighted by Gasteiger charge is -2.40. The lowest BCUT2D eigenvalue weighted by Crippen LogP contribution is -2.49. The van der Waals surface area contributed by atoms with E-state index in [9.17, 15) is 0 Å². The zero-order valence-electron chi connectivity index (χ0n) is 36.2. The second-order valence-electron chi connectivity index (χ2n) is 16.3. The molecule has 10 rings (SSSR count). The van der Waals surface area contributed by atoms with Gasteiger partial charge in [0, 0.05) is 114 Å². The third-order valence-electron chi connectivity index (χ3n) is 12.5. The molecule has 4 aliphatic rings. The number of allylic oxidation sites excluding steroid dienone is 2. The lowest BCUT2D eigenvalue weighted by atomic mass is 9.93. The Balaban J connectivity index is 0.000000193. The van der Waals surface area contributed by atoms with Crippen molar-refractivity contribution in [3.05, 3.63) is 176 Å². The van der Waals surface area contributed by atoms with Crippen LogP contribution >= 0.6 is 35.0 Å². The number of hydrogen-bond donors (Lipinski definition) is 1. The smallest absolute Gasteiger partial charge is 0.246 e. The Hall–Kier alpha value is -5.59. The molecule has 12 nitrogen and oxygen atoms in total. The summed E-state index contributed by atoms with van der Waals surface area (Å²) in [6.45, 7) is 19.9. The minimum Gasteiger partial charge on any atom is -0.343 e. The van der Waals surface area contributed by atoms with Gasteiger partial charge in [-0.05, 0) is 113 Å². The number of benzene rings is 2. The van der Waals surface area contributed by atoms with Gasteiger partial charge in [-0.15, -0.1) is 4.95 Å². The van der Waals surface area contributed by atoms with Crippen LogP contribution in [0.3, 0.4) is 0 Å². The highest BCUT2D eigenvalue weighted by molar-refractivity contribution is 8.13. The average molecular weight is 928 g/mol. The maximum absolute atomic E-state index is 7.12. The van der Waals surface area contributed by atoms with Crippen LogP contribution in [0.5, 0.6) is 0 Å². The van der Waals surface area contributed by atoms with Gasteiger partial charge in [0.2, 0.25) is 5.17 Å². The van der Waals surface area contributed by atoms with Crippen molar-refractivity contribution < 1.29 is 1.43 Å². The summed E-state index contributed by atoms with van der Waals surface area (Å²) in [4.78, 5) is 29.0. The van der Waals surface area contributed by atoms with Crippen LogP contribution in [0.1, 0.15) is 77.4 Å². The fourth-order valence-electron chi connectivity index (χ4n) is 9.37. The number of piperazine rings is 2. The number of aryl methyl sites for hydroxylation is 2. The molecule has 0 bridgehead atoms. The van der Waals surface area contributed by atoms with Crippen molar-refractivity contribution in [2.45, 2.75) is 46.4 Å². The van der Waals surface area contributed by atoms with Gasteiger partial charge in [-0.25, -0.2) is 9.97 Å². The Bertz CT molecular complexity index is 2780. The number of thioether (sulfide) groups is 1. The molecule has 0 radical (unpaired) electrons. The van der Waals surface area contributed by atoms with Gasteiger partial charge in [-0.2, -0.15) is 6.57 Å². The van der Waals surface area contributed by atoms with Gasteiger partial charge in [-0.1, -0.05) is 66.7 Å². The summed E-state index contributed by atoms with van der Waals surface area (Å²) in [7, 11) is 0. The standard InChI is InChI=1S/C26H26ClN7S.C23H24ClN5.CH4.H2/c1-18-29-9-10-34(18)17-20-15-19-5-4-8-30-24(19)25(22-7-6-21(27)16-23(20)22)32-11-13-33(14-12-32)26(35-3)31-28-2;1-16-26-9-12-29(16)15-18-13-17-3-2-6-27-22(17)23(28-10-7-25-8-11-28)20-5-4-19(24)14-21(18)20;;/h4-10,15-16,25H,11-14,17H2,1,3H3;2-6,9,12-14,23,25H,7-8,10-11,15H2,1H3;1H4;1H/b31-26-;;;. The van der Waals surface area contributed by atoms with E-state index in [4.69, 9.17) is 39.7 Å². The number of amidine groups is 1. The highest BCUT2D eigenvalue weighted by atomic mass is 35.5. The number of aromatic nitrogens is 6. The average Bonchev–Trinajstić information content (AvgIpc) is 3.85. The quantitative estimate of drug-likeness (QED) is 0.0758. The summed E-state index contributed by atoms with van der Waals surface area (Å²) in [5.41, 5.74) is 11.7. The Labute approximate surface area is 398 Å². The van der Waals surface area contributed by atoms with E-state index in [-0.39, 0.29) is 20.9 Å². The first-order valence-electron chi connectivity index (χ1n) is 21.6. The Morgan fingerprint density at radius 1 is 0.723 bits per heavy atom. The number of imidazole rings is 2. The molecule has 0 spiro atoms. The first-order valence-corrected chi connectivity index (χ1v) is 23.6. The molecule has 6 aromatic rings. The van der Waals surface area contributed by atoms with Crippen molar-refractivity contribution in [1.82, 2.24) is 49.1 Å². The maximum Gasteiger partial charge on any atom is 0.246 e. The largest absolute Gasteiger partial charge is 0.343 e. The summed E-state index contributed by atoms with van der Waals surface area (Å²) < 4.78 is 4.34. The van der Waals surface area contributed by atoms with Crippen LogP contribution < -0.4 is 5.32 Å². The predicted octanol–water partition coefficient (Wildman–Crippen LogP) is 9.73. The molecule has 2 unspecified atom stereocenters. The van der Waals surface area contributed by atoms with E-state index in [1.165, 1.54) is 45.2 Å². The molecular formula is C50H56Cl2N12S. The molecule has 2 aliphatic heterocycles. The summed E-state index contributed by atoms with van der Waals surface area (Å²) in [5.74, 6) is 1.98. The third-order valence-corrected chi connectivity index (χ3v) is 13.7. The topological polar surface area (TPSA) is 99.9 Å².